The lowest BCUT2D eigenvalue weighted by Crippen LogP contribution is -2.56. The van der Waals surface area contributed by atoms with E-state index in [4.69, 9.17) is 9.84 Å². The van der Waals surface area contributed by atoms with Gasteiger partial charge < -0.3 is 9.84 Å². The topological polar surface area (TPSA) is 87.2 Å². The van der Waals surface area contributed by atoms with E-state index in [0.717, 1.165) is 4.31 Å². The van der Waals surface area contributed by atoms with Crippen LogP contribution in [0.3, 0.4) is 0 Å². The molecule has 8 heteroatoms. The zero-order chi connectivity index (χ0) is 14.3. The molecule has 1 N–H and O–H groups in total. The fourth-order valence-corrected chi connectivity index (χ4v) is 4.53. The van der Waals surface area contributed by atoms with E-state index < -0.39 is 27.8 Å². The van der Waals surface area contributed by atoms with Gasteiger partial charge in [-0.25, -0.2) is 0 Å². The highest BCUT2D eigenvalue weighted by Crippen LogP contribution is 2.26. The Bertz CT molecular complexity index is 462. The molecule has 2 rings (SSSR count). The van der Waals surface area contributed by atoms with Crippen molar-refractivity contribution in [2.24, 2.45) is 0 Å². The number of aliphatic carboxylic acids is 1. The monoisotopic (exact) mass is 292 g/mol. The molecule has 0 bridgehead atoms. The first-order valence-corrected chi connectivity index (χ1v) is 7.77. The molecular formula is C11H20N2O5S. The molecule has 7 nitrogen and oxygen atoms in total. The standard InChI is InChI=1S/C11H20N2O5S/c1-11(2)8-12(6-7-18-11)19(16,17)13-5-3-4-9(13)10(14)15/h9H,3-8H2,1-2H3,(H,14,15)/t9-/m1/s1. The maximum absolute atomic E-state index is 12.5. The highest BCUT2D eigenvalue weighted by atomic mass is 32.2. The van der Waals surface area contributed by atoms with E-state index in [2.05, 4.69) is 0 Å². The highest BCUT2D eigenvalue weighted by Gasteiger charge is 2.44. The first kappa shape index (κ1) is 14.7. The van der Waals surface area contributed by atoms with Crippen molar-refractivity contribution in [2.75, 3.05) is 26.2 Å². The van der Waals surface area contributed by atoms with Crippen molar-refractivity contribution in [1.29, 1.82) is 0 Å². The van der Waals surface area contributed by atoms with Crippen LogP contribution in [0.25, 0.3) is 0 Å². The van der Waals surface area contributed by atoms with Crippen molar-refractivity contribution in [3.8, 4) is 0 Å². The first-order chi connectivity index (χ1) is 8.74. The van der Waals surface area contributed by atoms with E-state index >= 15 is 0 Å². The van der Waals surface area contributed by atoms with Gasteiger partial charge in [0, 0.05) is 19.6 Å². The lowest BCUT2D eigenvalue weighted by molar-refractivity contribution is -0.140. The van der Waals surface area contributed by atoms with Crippen LogP contribution in [-0.4, -0.2) is 66.0 Å². The van der Waals surface area contributed by atoms with Crippen LogP contribution < -0.4 is 0 Å². The Labute approximate surface area is 113 Å². The molecule has 19 heavy (non-hydrogen) atoms. The Morgan fingerprint density at radius 3 is 2.63 bits per heavy atom. The van der Waals surface area contributed by atoms with Gasteiger partial charge in [0.2, 0.25) is 0 Å². The van der Waals surface area contributed by atoms with Crippen molar-refractivity contribution >= 4 is 16.2 Å². The number of nitrogens with zero attached hydrogens (tertiary/aromatic N) is 2. The molecule has 2 fully saturated rings. The molecule has 0 aromatic carbocycles. The maximum Gasteiger partial charge on any atom is 0.322 e. The third-order valence-electron chi connectivity index (χ3n) is 3.50. The molecule has 0 spiro atoms. The van der Waals surface area contributed by atoms with Crippen molar-refractivity contribution in [3.05, 3.63) is 0 Å². The third-order valence-corrected chi connectivity index (χ3v) is 5.50. The number of carboxylic acid groups (broad SMARTS) is 1. The third kappa shape index (κ3) is 2.91. The van der Waals surface area contributed by atoms with Crippen LogP contribution in [0.1, 0.15) is 26.7 Å². The molecule has 2 heterocycles. The minimum atomic E-state index is -3.72. The average molecular weight is 292 g/mol. The lowest BCUT2D eigenvalue weighted by atomic mass is 10.1. The summed E-state index contributed by atoms with van der Waals surface area (Å²) in [6.07, 6.45) is 0.965. The fraction of sp³-hybridized carbons (Fsp3) is 0.909. The zero-order valence-electron chi connectivity index (χ0n) is 11.2. The normalized spacial score (nSPS) is 29.5. The molecule has 110 valence electrons. The summed E-state index contributed by atoms with van der Waals surface area (Å²) in [6, 6.07) is -0.934. The number of hydrogen-bond acceptors (Lipinski definition) is 4. The summed E-state index contributed by atoms with van der Waals surface area (Å²) in [7, 11) is -3.72. The molecule has 0 aromatic rings. The maximum atomic E-state index is 12.5. The number of rotatable bonds is 3. The van der Waals surface area contributed by atoms with E-state index in [0.29, 0.717) is 19.4 Å². The van der Waals surface area contributed by atoms with Gasteiger partial charge in [0.25, 0.3) is 10.2 Å². The average Bonchev–Trinajstić information content (AvgIpc) is 2.77. The SMILES string of the molecule is CC1(C)CN(S(=O)(=O)N2CCC[C@@H]2C(=O)O)CCO1. The Morgan fingerprint density at radius 1 is 1.37 bits per heavy atom. The molecule has 0 amide bonds. The van der Waals surface area contributed by atoms with Gasteiger partial charge in [-0.05, 0) is 26.7 Å². The zero-order valence-corrected chi connectivity index (χ0v) is 12.0. The van der Waals surface area contributed by atoms with E-state index in [9.17, 15) is 13.2 Å². The molecule has 1 atom stereocenters. The van der Waals surface area contributed by atoms with Crippen molar-refractivity contribution < 1.29 is 23.1 Å². The van der Waals surface area contributed by atoms with Gasteiger partial charge in [-0.15, -0.1) is 0 Å². The minimum Gasteiger partial charge on any atom is -0.480 e. The Hall–Kier alpha value is -0.700. The van der Waals surface area contributed by atoms with Crippen LogP contribution in [0.5, 0.6) is 0 Å². The number of carbonyl (C=O) groups is 1. The summed E-state index contributed by atoms with van der Waals surface area (Å²) in [4.78, 5) is 11.1. The smallest absolute Gasteiger partial charge is 0.322 e. The largest absolute Gasteiger partial charge is 0.480 e. The van der Waals surface area contributed by atoms with Crippen LogP contribution in [-0.2, 0) is 19.7 Å². The highest BCUT2D eigenvalue weighted by molar-refractivity contribution is 7.86. The molecule has 0 aromatic heterocycles. The van der Waals surface area contributed by atoms with Crippen molar-refractivity contribution in [1.82, 2.24) is 8.61 Å². The molecule has 0 unspecified atom stereocenters. The number of ether oxygens (including phenoxy) is 1. The lowest BCUT2D eigenvalue weighted by Gasteiger charge is -2.39. The number of carboxylic acids is 1. The van der Waals surface area contributed by atoms with E-state index in [1.54, 1.807) is 0 Å². The van der Waals surface area contributed by atoms with Gasteiger partial charge in [0.05, 0.1) is 12.2 Å². The van der Waals surface area contributed by atoms with Gasteiger partial charge in [-0.1, -0.05) is 0 Å². The first-order valence-electron chi connectivity index (χ1n) is 6.38. The predicted octanol–water partition coefficient (Wildman–Crippen LogP) is -0.109. The van der Waals surface area contributed by atoms with Crippen LogP contribution in [0.4, 0.5) is 0 Å². The van der Waals surface area contributed by atoms with Crippen LogP contribution >= 0.6 is 0 Å². The summed E-state index contributed by atoms with van der Waals surface area (Å²) in [6.45, 7) is 4.78. The summed E-state index contributed by atoms with van der Waals surface area (Å²) in [5.74, 6) is -1.08. The fourth-order valence-electron chi connectivity index (χ4n) is 2.58. The molecule has 0 radical (unpaired) electrons. The van der Waals surface area contributed by atoms with Crippen LogP contribution in [0.15, 0.2) is 0 Å². The van der Waals surface area contributed by atoms with Gasteiger partial charge in [-0.2, -0.15) is 17.0 Å². The Morgan fingerprint density at radius 2 is 2.05 bits per heavy atom. The Balaban J connectivity index is 2.20. The molecule has 2 aliphatic rings. The van der Waals surface area contributed by atoms with Gasteiger partial charge in [0.1, 0.15) is 6.04 Å². The minimum absolute atomic E-state index is 0.248. The van der Waals surface area contributed by atoms with Crippen molar-refractivity contribution in [3.63, 3.8) is 0 Å². The van der Waals surface area contributed by atoms with E-state index in [1.807, 2.05) is 13.8 Å². The molecular weight excluding hydrogens is 272 g/mol. The number of morpholine rings is 1. The van der Waals surface area contributed by atoms with Crippen molar-refractivity contribution in [2.45, 2.75) is 38.3 Å². The van der Waals surface area contributed by atoms with Crippen LogP contribution in [0.2, 0.25) is 0 Å². The molecule has 0 aliphatic carbocycles. The second-order valence-corrected chi connectivity index (χ2v) is 7.44. The summed E-state index contributed by atoms with van der Waals surface area (Å²) in [5, 5.41) is 9.10. The predicted molar refractivity (Wildman–Crippen MR) is 67.9 cm³/mol. The van der Waals surface area contributed by atoms with E-state index in [1.165, 1.54) is 4.31 Å². The number of hydrogen-bond donors (Lipinski definition) is 1. The van der Waals surface area contributed by atoms with Gasteiger partial charge >= 0.3 is 5.97 Å². The van der Waals surface area contributed by atoms with Crippen LogP contribution in [0, 0.1) is 0 Å². The summed E-state index contributed by atoms with van der Waals surface area (Å²) in [5.41, 5.74) is -0.538. The molecule has 2 saturated heterocycles. The second-order valence-electron chi connectivity index (χ2n) is 5.56. The summed E-state index contributed by atoms with van der Waals surface area (Å²) >= 11 is 0. The van der Waals surface area contributed by atoms with E-state index in [-0.39, 0.29) is 19.6 Å². The van der Waals surface area contributed by atoms with Gasteiger partial charge in [0.15, 0.2) is 0 Å². The van der Waals surface area contributed by atoms with Gasteiger partial charge in [-0.3, -0.25) is 4.79 Å². The summed E-state index contributed by atoms with van der Waals surface area (Å²) < 4.78 is 33.0. The Kier molecular flexibility index (Phi) is 3.87. The molecule has 2 aliphatic heterocycles. The molecule has 0 saturated carbocycles. The quantitative estimate of drug-likeness (QED) is 0.784. The second kappa shape index (κ2) is 5.01.